The van der Waals surface area contributed by atoms with Gasteiger partial charge in [0, 0.05) is 25.3 Å². The smallest absolute Gasteiger partial charge is 0.186 e. The van der Waals surface area contributed by atoms with E-state index in [1.807, 2.05) is 30.3 Å². The minimum absolute atomic E-state index is 0.119. The first-order valence-corrected chi connectivity index (χ1v) is 7.99. The second-order valence-electron chi connectivity index (χ2n) is 5.17. The fraction of sp³-hybridized carbons (Fsp3) is 0.312. The van der Waals surface area contributed by atoms with Crippen molar-refractivity contribution in [2.45, 2.75) is 18.9 Å². The number of rotatable bonds is 3. The van der Waals surface area contributed by atoms with E-state index in [1.165, 1.54) is 10.9 Å². The molecule has 0 atom stereocenters. The number of thiazole rings is 1. The number of piperidine rings is 1. The van der Waals surface area contributed by atoms with Crippen molar-refractivity contribution < 1.29 is 0 Å². The van der Waals surface area contributed by atoms with Crippen LogP contribution in [0.3, 0.4) is 0 Å². The number of hydrogen-bond donors (Lipinski definition) is 1. The van der Waals surface area contributed by atoms with Gasteiger partial charge in [-0.3, -0.25) is 0 Å². The average molecular weight is 309 g/mol. The molecule has 6 heteroatoms. The Hall–Kier alpha value is -2.57. The molecule has 1 N–H and O–H groups in total. The van der Waals surface area contributed by atoms with Crippen LogP contribution in [0.15, 0.2) is 36.0 Å². The summed E-state index contributed by atoms with van der Waals surface area (Å²) in [5, 5.41) is 21.7. The minimum atomic E-state index is 0.119. The maximum Gasteiger partial charge on any atom is 0.186 e. The summed E-state index contributed by atoms with van der Waals surface area (Å²) in [7, 11) is 0. The van der Waals surface area contributed by atoms with Crippen molar-refractivity contribution in [3.63, 3.8) is 0 Å². The summed E-state index contributed by atoms with van der Waals surface area (Å²) in [6.45, 7) is 1.86. The zero-order valence-electron chi connectivity index (χ0n) is 12.0. The number of nitrogens with zero attached hydrogens (tertiary/aromatic N) is 4. The van der Waals surface area contributed by atoms with Crippen molar-refractivity contribution >= 4 is 26.7 Å². The van der Waals surface area contributed by atoms with E-state index in [0.717, 1.165) is 36.6 Å². The van der Waals surface area contributed by atoms with Crippen molar-refractivity contribution in [1.29, 1.82) is 10.5 Å². The van der Waals surface area contributed by atoms with Crippen molar-refractivity contribution in [3.05, 3.63) is 36.0 Å². The Morgan fingerprint density at radius 2 is 2.00 bits per heavy atom. The number of fused-ring (bicyclic) bond motifs is 1. The Bertz CT molecular complexity index is 723. The molecule has 1 aliphatic heterocycles. The number of benzene rings is 1. The van der Waals surface area contributed by atoms with Crippen LogP contribution in [0.5, 0.6) is 0 Å². The van der Waals surface area contributed by atoms with Crippen LogP contribution in [0.2, 0.25) is 0 Å². The second kappa shape index (κ2) is 6.46. The van der Waals surface area contributed by atoms with Crippen molar-refractivity contribution in [1.82, 2.24) is 10.3 Å². The lowest BCUT2D eigenvalue weighted by Gasteiger charge is -2.31. The third kappa shape index (κ3) is 3.03. The molecule has 110 valence electrons. The maximum atomic E-state index is 8.72. The van der Waals surface area contributed by atoms with Crippen molar-refractivity contribution in [3.8, 4) is 12.1 Å². The standard InChI is InChI=1S/C16H15N5S/c17-9-12(10-18)11-19-13-5-7-21(8-6-13)16-20-14-3-1-2-4-15(14)22-16/h1-4,11,13,19H,5-8H2. The highest BCUT2D eigenvalue weighted by molar-refractivity contribution is 7.22. The normalized spacial score (nSPS) is 15.1. The molecule has 1 saturated heterocycles. The molecular formula is C16H15N5S. The predicted octanol–water partition coefficient (Wildman–Crippen LogP) is 2.79. The monoisotopic (exact) mass is 309 g/mol. The van der Waals surface area contributed by atoms with E-state index in [-0.39, 0.29) is 5.57 Å². The van der Waals surface area contributed by atoms with Crippen LogP contribution >= 0.6 is 11.3 Å². The van der Waals surface area contributed by atoms with Gasteiger partial charge in [-0.25, -0.2) is 4.98 Å². The van der Waals surface area contributed by atoms with E-state index in [1.54, 1.807) is 11.3 Å². The summed E-state index contributed by atoms with van der Waals surface area (Å²) in [6, 6.07) is 12.2. The van der Waals surface area contributed by atoms with E-state index in [4.69, 9.17) is 10.5 Å². The zero-order chi connectivity index (χ0) is 15.4. The molecule has 1 aromatic heterocycles. The summed E-state index contributed by atoms with van der Waals surface area (Å²) >= 11 is 1.73. The molecule has 0 unspecified atom stereocenters. The fourth-order valence-electron chi connectivity index (χ4n) is 2.52. The Balaban J connectivity index is 1.61. The van der Waals surface area contributed by atoms with Crippen LogP contribution in [0, 0.1) is 22.7 Å². The lowest BCUT2D eigenvalue weighted by molar-refractivity contribution is 0.454. The number of hydrogen-bond acceptors (Lipinski definition) is 6. The average Bonchev–Trinajstić information content (AvgIpc) is 3.00. The fourth-order valence-corrected chi connectivity index (χ4v) is 3.54. The van der Waals surface area contributed by atoms with Crippen LogP contribution in [0.1, 0.15) is 12.8 Å². The lowest BCUT2D eigenvalue weighted by atomic mass is 10.1. The van der Waals surface area contributed by atoms with Gasteiger partial charge in [-0.05, 0) is 25.0 Å². The number of nitrogens with one attached hydrogen (secondary N) is 1. The van der Waals surface area contributed by atoms with Gasteiger partial charge >= 0.3 is 0 Å². The highest BCUT2D eigenvalue weighted by atomic mass is 32.1. The Morgan fingerprint density at radius 3 is 2.68 bits per heavy atom. The van der Waals surface area contributed by atoms with Gasteiger partial charge in [-0.2, -0.15) is 10.5 Å². The van der Waals surface area contributed by atoms with Crippen LogP contribution in [-0.2, 0) is 0 Å². The van der Waals surface area contributed by atoms with Gasteiger partial charge in [0.2, 0.25) is 0 Å². The largest absolute Gasteiger partial charge is 0.386 e. The summed E-state index contributed by atoms with van der Waals surface area (Å²) in [6.07, 6.45) is 3.46. The third-order valence-corrected chi connectivity index (χ3v) is 4.85. The molecular weight excluding hydrogens is 294 g/mol. The summed E-state index contributed by atoms with van der Waals surface area (Å²) < 4.78 is 1.22. The van der Waals surface area contributed by atoms with Crippen molar-refractivity contribution in [2.24, 2.45) is 0 Å². The highest BCUT2D eigenvalue weighted by Crippen LogP contribution is 2.30. The zero-order valence-corrected chi connectivity index (χ0v) is 12.8. The molecule has 2 heterocycles. The third-order valence-electron chi connectivity index (χ3n) is 3.75. The van der Waals surface area contributed by atoms with Gasteiger partial charge < -0.3 is 10.2 Å². The number of nitriles is 2. The SMILES string of the molecule is N#CC(C#N)=CNC1CCN(c2nc3ccccc3s2)CC1. The molecule has 0 spiro atoms. The molecule has 0 radical (unpaired) electrons. The molecule has 1 fully saturated rings. The van der Waals surface area contributed by atoms with E-state index in [0.29, 0.717) is 6.04 Å². The Kier molecular flexibility index (Phi) is 4.22. The van der Waals surface area contributed by atoms with Crippen molar-refractivity contribution in [2.75, 3.05) is 18.0 Å². The Labute approximate surface area is 133 Å². The molecule has 0 saturated carbocycles. The molecule has 1 aromatic carbocycles. The van der Waals surface area contributed by atoms with E-state index < -0.39 is 0 Å². The molecule has 2 aromatic rings. The van der Waals surface area contributed by atoms with Gasteiger partial charge in [0.05, 0.1) is 10.2 Å². The van der Waals surface area contributed by atoms with E-state index in [9.17, 15) is 0 Å². The van der Waals surface area contributed by atoms with Crippen LogP contribution in [0.25, 0.3) is 10.2 Å². The molecule has 0 amide bonds. The summed E-state index contributed by atoms with van der Waals surface area (Å²) in [5.74, 6) is 0. The van der Waals surface area contributed by atoms with Gasteiger partial charge in [0.1, 0.15) is 17.7 Å². The first-order chi connectivity index (χ1) is 10.8. The molecule has 0 bridgehead atoms. The maximum absolute atomic E-state index is 8.72. The van der Waals surface area contributed by atoms with Gasteiger partial charge in [-0.15, -0.1) is 0 Å². The first-order valence-electron chi connectivity index (χ1n) is 7.17. The minimum Gasteiger partial charge on any atom is -0.386 e. The van der Waals surface area contributed by atoms with E-state index >= 15 is 0 Å². The Morgan fingerprint density at radius 1 is 1.27 bits per heavy atom. The summed E-state index contributed by atoms with van der Waals surface area (Å²) in [5.41, 5.74) is 1.17. The van der Waals surface area contributed by atoms with Crippen LogP contribution < -0.4 is 10.2 Å². The summed E-state index contributed by atoms with van der Waals surface area (Å²) in [4.78, 5) is 7.00. The number of anilines is 1. The molecule has 5 nitrogen and oxygen atoms in total. The first kappa shape index (κ1) is 14.4. The molecule has 1 aliphatic rings. The topological polar surface area (TPSA) is 75.7 Å². The van der Waals surface area contributed by atoms with Gasteiger partial charge in [0.25, 0.3) is 0 Å². The highest BCUT2D eigenvalue weighted by Gasteiger charge is 2.20. The van der Waals surface area contributed by atoms with Crippen LogP contribution in [0.4, 0.5) is 5.13 Å². The van der Waals surface area contributed by atoms with E-state index in [2.05, 4.69) is 21.3 Å². The van der Waals surface area contributed by atoms with Crippen LogP contribution in [-0.4, -0.2) is 24.1 Å². The predicted molar refractivity (Wildman–Crippen MR) is 87.3 cm³/mol. The molecule has 3 rings (SSSR count). The van der Waals surface area contributed by atoms with Gasteiger partial charge in [0.15, 0.2) is 5.13 Å². The second-order valence-corrected chi connectivity index (χ2v) is 6.18. The number of allylic oxidation sites excluding steroid dienone is 1. The quantitative estimate of drug-likeness (QED) is 0.882. The van der Waals surface area contributed by atoms with Gasteiger partial charge in [-0.1, -0.05) is 23.5 Å². The number of aromatic nitrogens is 1. The number of para-hydroxylation sites is 1. The molecule has 0 aliphatic carbocycles. The lowest BCUT2D eigenvalue weighted by Crippen LogP contribution is -2.41. The molecule has 22 heavy (non-hydrogen) atoms.